The lowest BCUT2D eigenvalue weighted by molar-refractivity contribution is 0.595. The molecule has 0 saturated heterocycles. The van der Waals surface area contributed by atoms with Crippen LogP contribution in [0.5, 0.6) is 0 Å². The summed E-state index contributed by atoms with van der Waals surface area (Å²) in [4.78, 5) is 0.730. The number of hydrogen-bond donors (Lipinski definition) is 0. The van der Waals surface area contributed by atoms with Crippen molar-refractivity contribution in [3.05, 3.63) is 58.4 Å². The van der Waals surface area contributed by atoms with Crippen LogP contribution < -0.4 is 4.80 Å². The van der Waals surface area contributed by atoms with E-state index in [1.54, 1.807) is 30.3 Å². The topological polar surface area (TPSA) is 51.4 Å². The number of aryl methyl sites for hydroxylation is 3. The molecule has 0 aliphatic carbocycles. The molecular formula is C17H18N2O2S2. The van der Waals surface area contributed by atoms with Crippen molar-refractivity contribution in [2.45, 2.75) is 32.2 Å². The van der Waals surface area contributed by atoms with E-state index < -0.39 is 10.0 Å². The molecule has 0 N–H and O–H groups in total. The average Bonchev–Trinajstić information content (AvgIpc) is 2.85. The highest BCUT2D eigenvalue weighted by molar-refractivity contribution is 7.90. The molecule has 0 fully saturated rings. The number of sulfonamides is 1. The molecule has 2 aromatic carbocycles. The van der Waals surface area contributed by atoms with Crippen molar-refractivity contribution in [3.8, 4) is 0 Å². The lowest BCUT2D eigenvalue weighted by Crippen LogP contribution is -2.16. The second-order valence-corrected chi connectivity index (χ2v) is 8.02. The molecule has 0 bridgehead atoms. The van der Waals surface area contributed by atoms with Crippen molar-refractivity contribution in [1.29, 1.82) is 0 Å². The fourth-order valence-corrected chi connectivity index (χ4v) is 5.00. The molecule has 0 spiro atoms. The van der Waals surface area contributed by atoms with Gasteiger partial charge in [0, 0.05) is 6.54 Å². The SMILES string of the molecule is CCn1c(=NS(=O)(=O)c2ccccc2)sc2c(C)cc(C)cc21. The van der Waals surface area contributed by atoms with Gasteiger partial charge in [0.25, 0.3) is 10.0 Å². The zero-order chi connectivity index (χ0) is 16.6. The molecule has 1 aromatic heterocycles. The van der Waals surface area contributed by atoms with E-state index in [0.29, 0.717) is 11.3 Å². The Morgan fingerprint density at radius 1 is 1.13 bits per heavy atom. The summed E-state index contributed by atoms with van der Waals surface area (Å²) >= 11 is 1.42. The van der Waals surface area contributed by atoms with Crippen LogP contribution >= 0.6 is 11.3 Å². The Bertz CT molecular complexity index is 1030. The quantitative estimate of drug-likeness (QED) is 0.727. The van der Waals surface area contributed by atoms with Crippen molar-refractivity contribution in [1.82, 2.24) is 4.57 Å². The fraction of sp³-hybridized carbons (Fsp3) is 0.235. The molecule has 3 rings (SSSR count). The van der Waals surface area contributed by atoms with Crippen LogP contribution in [-0.2, 0) is 16.6 Å². The van der Waals surface area contributed by atoms with Gasteiger partial charge >= 0.3 is 0 Å². The third kappa shape index (κ3) is 2.96. The number of fused-ring (bicyclic) bond motifs is 1. The summed E-state index contributed by atoms with van der Waals surface area (Å²) in [5.41, 5.74) is 3.34. The smallest absolute Gasteiger partial charge is 0.285 e. The first kappa shape index (κ1) is 16.0. The zero-order valence-electron chi connectivity index (χ0n) is 13.3. The van der Waals surface area contributed by atoms with E-state index in [1.807, 2.05) is 25.3 Å². The van der Waals surface area contributed by atoms with E-state index in [9.17, 15) is 8.42 Å². The molecule has 0 unspecified atom stereocenters. The van der Waals surface area contributed by atoms with Gasteiger partial charge in [0.1, 0.15) is 0 Å². The van der Waals surface area contributed by atoms with Crippen LogP contribution in [0.4, 0.5) is 0 Å². The molecule has 1 heterocycles. The zero-order valence-corrected chi connectivity index (χ0v) is 14.9. The molecule has 0 aliphatic rings. The number of benzene rings is 2. The largest absolute Gasteiger partial charge is 0.316 e. The summed E-state index contributed by atoms with van der Waals surface area (Å²) in [5, 5.41) is 0. The van der Waals surface area contributed by atoms with Crippen LogP contribution in [-0.4, -0.2) is 13.0 Å². The molecule has 0 saturated carbocycles. The predicted octanol–water partition coefficient (Wildman–Crippen LogP) is 3.63. The summed E-state index contributed by atoms with van der Waals surface area (Å²) in [6, 6.07) is 12.5. The van der Waals surface area contributed by atoms with E-state index in [0.717, 1.165) is 21.3 Å². The van der Waals surface area contributed by atoms with Crippen LogP contribution in [0.15, 0.2) is 51.8 Å². The van der Waals surface area contributed by atoms with Crippen molar-refractivity contribution in [2.75, 3.05) is 0 Å². The molecule has 23 heavy (non-hydrogen) atoms. The molecule has 0 radical (unpaired) electrons. The number of rotatable bonds is 3. The van der Waals surface area contributed by atoms with E-state index >= 15 is 0 Å². The maximum Gasteiger partial charge on any atom is 0.285 e. The lowest BCUT2D eigenvalue weighted by atomic mass is 10.1. The van der Waals surface area contributed by atoms with E-state index in [4.69, 9.17) is 0 Å². The third-order valence-corrected chi connectivity index (χ3v) is 6.30. The number of nitrogens with zero attached hydrogens (tertiary/aromatic N) is 2. The van der Waals surface area contributed by atoms with Crippen LogP contribution in [0.3, 0.4) is 0 Å². The Morgan fingerprint density at radius 3 is 2.48 bits per heavy atom. The normalized spacial score (nSPS) is 12.9. The van der Waals surface area contributed by atoms with Gasteiger partial charge in [-0.25, -0.2) is 0 Å². The highest BCUT2D eigenvalue weighted by Gasteiger charge is 2.14. The van der Waals surface area contributed by atoms with Gasteiger partial charge in [0.15, 0.2) is 0 Å². The summed E-state index contributed by atoms with van der Waals surface area (Å²) in [7, 11) is -3.70. The van der Waals surface area contributed by atoms with Gasteiger partial charge < -0.3 is 4.57 Å². The average molecular weight is 346 g/mol. The first-order valence-electron chi connectivity index (χ1n) is 7.39. The van der Waals surface area contributed by atoms with Gasteiger partial charge in [-0.1, -0.05) is 35.6 Å². The Morgan fingerprint density at radius 2 is 1.83 bits per heavy atom. The van der Waals surface area contributed by atoms with Crippen molar-refractivity contribution >= 4 is 31.6 Å². The Labute approximate surface area is 139 Å². The van der Waals surface area contributed by atoms with Crippen molar-refractivity contribution in [2.24, 2.45) is 4.40 Å². The van der Waals surface area contributed by atoms with Gasteiger partial charge in [-0.05, 0) is 50.1 Å². The monoisotopic (exact) mass is 346 g/mol. The molecular weight excluding hydrogens is 328 g/mol. The minimum atomic E-state index is -3.70. The number of aromatic nitrogens is 1. The summed E-state index contributed by atoms with van der Waals surface area (Å²) < 4.78 is 32.2. The lowest BCUT2D eigenvalue weighted by Gasteiger charge is -2.03. The molecule has 0 atom stereocenters. The molecule has 0 amide bonds. The number of hydrogen-bond acceptors (Lipinski definition) is 3. The minimum Gasteiger partial charge on any atom is -0.316 e. The van der Waals surface area contributed by atoms with Gasteiger partial charge in [-0.2, -0.15) is 8.42 Å². The standard InChI is InChI=1S/C17H18N2O2S2/c1-4-19-15-11-12(2)10-13(3)16(15)22-17(19)18-23(20,21)14-8-6-5-7-9-14/h5-11H,4H2,1-3H3. The first-order chi connectivity index (χ1) is 10.9. The van der Waals surface area contributed by atoms with Crippen LogP contribution in [0.1, 0.15) is 18.1 Å². The number of thiazole rings is 1. The Kier molecular flexibility index (Phi) is 4.12. The first-order valence-corrected chi connectivity index (χ1v) is 9.64. The van der Waals surface area contributed by atoms with Crippen LogP contribution in [0.2, 0.25) is 0 Å². The maximum atomic E-state index is 12.5. The van der Waals surface area contributed by atoms with Crippen molar-refractivity contribution in [3.63, 3.8) is 0 Å². The Hall–Kier alpha value is -1.92. The summed E-state index contributed by atoms with van der Waals surface area (Å²) in [6.07, 6.45) is 0. The van der Waals surface area contributed by atoms with Gasteiger partial charge in [-0.3, -0.25) is 0 Å². The van der Waals surface area contributed by atoms with E-state index in [1.165, 1.54) is 11.3 Å². The minimum absolute atomic E-state index is 0.216. The summed E-state index contributed by atoms with van der Waals surface area (Å²) in [5.74, 6) is 0. The molecule has 3 aromatic rings. The van der Waals surface area contributed by atoms with Crippen molar-refractivity contribution < 1.29 is 8.42 Å². The molecule has 0 aliphatic heterocycles. The fourth-order valence-electron chi connectivity index (χ4n) is 2.64. The Balaban J connectivity index is 2.30. The van der Waals surface area contributed by atoms with Gasteiger partial charge in [-0.15, -0.1) is 4.40 Å². The highest BCUT2D eigenvalue weighted by atomic mass is 32.2. The highest BCUT2D eigenvalue weighted by Crippen LogP contribution is 2.24. The predicted molar refractivity (Wildman–Crippen MR) is 94.2 cm³/mol. The second-order valence-electron chi connectivity index (χ2n) is 5.44. The molecule has 120 valence electrons. The maximum absolute atomic E-state index is 12.5. The summed E-state index contributed by atoms with van der Waals surface area (Å²) in [6.45, 7) is 6.76. The van der Waals surface area contributed by atoms with Crippen LogP contribution in [0.25, 0.3) is 10.2 Å². The molecule has 6 heteroatoms. The van der Waals surface area contributed by atoms with E-state index in [-0.39, 0.29) is 4.90 Å². The van der Waals surface area contributed by atoms with Crippen LogP contribution in [0, 0.1) is 13.8 Å². The molecule has 4 nitrogen and oxygen atoms in total. The second kappa shape index (κ2) is 5.94. The third-order valence-electron chi connectivity index (χ3n) is 3.67. The van der Waals surface area contributed by atoms with Gasteiger partial charge in [0.05, 0.1) is 15.1 Å². The van der Waals surface area contributed by atoms with Gasteiger partial charge in [0.2, 0.25) is 4.80 Å². The van der Waals surface area contributed by atoms with E-state index in [2.05, 4.69) is 16.5 Å².